The molecule has 27 heavy (non-hydrogen) atoms. The first-order valence-electron chi connectivity index (χ1n) is 8.48. The maximum atomic E-state index is 12.3. The van der Waals surface area contributed by atoms with Crippen molar-refractivity contribution in [3.05, 3.63) is 66.1 Å². The lowest BCUT2D eigenvalue weighted by atomic mass is 10.2. The van der Waals surface area contributed by atoms with E-state index in [1.807, 2.05) is 54.6 Å². The molecule has 0 unspecified atom stereocenters. The zero-order chi connectivity index (χ0) is 19.1. The third kappa shape index (κ3) is 5.34. The number of nitrogens with zero attached hydrogens (tertiary/aromatic N) is 3. The van der Waals surface area contributed by atoms with Gasteiger partial charge >= 0.3 is 0 Å². The minimum Gasteiger partial charge on any atom is -0.497 e. The summed E-state index contributed by atoms with van der Waals surface area (Å²) in [5.74, 6) is 2.96. The second-order valence-electron chi connectivity index (χ2n) is 5.97. The van der Waals surface area contributed by atoms with Gasteiger partial charge in [0.2, 0.25) is 17.6 Å². The third-order valence-corrected chi connectivity index (χ3v) is 4.94. The van der Waals surface area contributed by atoms with Crippen molar-refractivity contribution in [3.63, 3.8) is 0 Å². The summed E-state index contributed by atoms with van der Waals surface area (Å²) in [6.45, 7) is 0.293. The number of methoxy groups -OCH3 is 1. The normalized spacial score (nSPS) is 10.6. The third-order valence-electron chi connectivity index (χ3n) is 3.95. The maximum Gasteiger partial charge on any atom is 0.246 e. The molecule has 0 aliphatic heterocycles. The van der Waals surface area contributed by atoms with Crippen molar-refractivity contribution in [2.45, 2.75) is 12.3 Å². The molecule has 140 valence electrons. The molecular weight excluding hydrogens is 362 g/mol. The van der Waals surface area contributed by atoms with Gasteiger partial charge < -0.3 is 14.2 Å². The summed E-state index contributed by atoms with van der Waals surface area (Å²) in [6.07, 6.45) is 0. The minimum atomic E-state index is 0.0213. The number of benzene rings is 2. The van der Waals surface area contributed by atoms with Crippen LogP contribution in [-0.4, -0.2) is 40.9 Å². The summed E-state index contributed by atoms with van der Waals surface area (Å²) < 4.78 is 10.4. The summed E-state index contributed by atoms with van der Waals surface area (Å²) >= 11 is 1.57. The number of thioether (sulfide) groups is 1. The Morgan fingerprint density at radius 2 is 1.89 bits per heavy atom. The van der Waals surface area contributed by atoms with Crippen LogP contribution in [0.2, 0.25) is 0 Å². The fourth-order valence-corrected chi connectivity index (χ4v) is 3.33. The van der Waals surface area contributed by atoms with E-state index in [0.717, 1.165) is 22.6 Å². The van der Waals surface area contributed by atoms with Gasteiger partial charge in [-0.15, -0.1) is 11.8 Å². The number of carbonyl (C=O) groups excluding carboxylic acids is 1. The van der Waals surface area contributed by atoms with E-state index in [2.05, 4.69) is 10.1 Å². The van der Waals surface area contributed by atoms with Crippen molar-refractivity contribution in [1.29, 1.82) is 0 Å². The summed E-state index contributed by atoms with van der Waals surface area (Å²) in [4.78, 5) is 18.3. The Morgan fingerprint density at radius 1 is 1.15 bits per heavy atom. The van der Waals surface area contributed by atoms with Gasteiger partial charge in [0.1, 0.15) is 5.75 Å². The van der Waals surface area contributed by atoms with Crippen LogP contribution < -0.4 is 4.74 Å². The number of rotatable bonds is 8. The van der Waals surface area contributed by atoms with Gasteiger partial charge in [-0.3, -0.25) is 4.79 Å². The standard InChI is InChI=1S/C20H21N3O3S/c1-23(12-18-21-20(22-26-18)16-6-4-3-5-7-16)19(24)14-27-13-15-8-10-17(25-2)11-9-15/h3-11H,12-14H2,1-2H3. The van der Waals surface area contributed by atoms with Crippen LogP contribution in [0.3, 0.4) is 0 Å². The molecule has 0 radical (unpaired) electrons. The van der Waals surface area contributed by atoms with Crippen molar-refractivity contribution < 1.29 is 14.1 Å². The molecule has 3 aromatic rings. The number of carbonyl (C=O) groups is 1. The molecule has 0 atom stereocenters. The second kappa shape index (κ2) is 9.23. The van der Waals surface area contributed by atoms with Gasteiger partial charge in [0.05, 0.1) is 19.4 Å². The lowest BCUT2D eigenvalue weighted by Gasteiger charge is -2.14. The molecule has 1 heterocycles. The first-order valence-corrected chi connectivity index (χ1v) is 9.64. The van der Waals surface area contributed by atoms with Gasteiger partial charge in [-0.25, -0.2) is 0 Å². The van der Waals surface area contributed by atoms with Gasteiger partial charge in [-0.05, 0) is 17.7 Å². The van der Waals surface area contributed by atoms with E-state index in [1.54, 1.807) is 30.8 Å². The first-order chi connectivity index (χ1) is 13.2. The van der Waals surface area contributed by atoms with Crippen LogP contribution >= 0.6 is 11.8 Å². The number of hydrogen-bond acceptors (Lipinski definition) is 6. The summed E-state index contributed by atoms with van der Waals surface area (Å²) in [7, 11) is 3.38. The average molecular weight is 383 g/mol. The van der Waals surface area contributed by atoms with Gasteiger partial charge in [-0.1, -0.05) is 47.6 Å². The highest BCUT2D eigenvalue weighted by molar-refractivity contribution is 7.99. The Bertz CT molecular complexity index is 866. The molecule has 6 nitrogen and oxygen atoms in total. The molecule has 1 aromatic heterocycles. The fraction of sp³-hybridized carbons (Fsp3) is 0.250. The van der Waals surface area contributed by atoms with Gasteiger partial charge in [0.25, 0.3) is 0 Å². The van der Waals surface area contributed by atoms with Gasteiger partial charge in [0, 0.05) is 18.4 Å². The molecule has 0 aliphatic rings. The number of amides is 1. The quantitative estimate of drug-likeness (QED) is 0.592. The van der Waals surface area contributed by atoms with Gasteiger partial charge in [0.15, 0.2) is 0 Å². The molecule has 0 bridgehead atoms. The molecule has 0 spiro atoms. The second-order valence-corrected chi connectivity index (χ2v) is 6.95. The van der Waals surface area contributed by atoms with Crippen molar-refractivity contribution >= 4 is 17.7 Å². The van der Waals surface area contributed by atoms with E-state index in [0.29, 0.717) is 24.0 Å². The van der Waals surface area contributed by atoms with Crippen LogP contribution in [0.15, 0.2) is 59.1 Å². The van der Waals surface area contributed by atoms with Crippen molar-refractivity contribution in [3.8, 4) is 17.1 Å². The number of hydrogen-bond donors (Lipinski definition) is 0. The maximum absolute atomic E-state index is 12.3. The largest absolute Gasteiger partial charge is 0.497 e. The molecule has 0 aliphatic carbocycles. The van der Waals surface area contributed by atoms with Crippen LogP contribution in [0, 0.1) is 0 Å². The van der Waals surface area contributed by atoms with Gasteiger partial charge in [-0.2, -0.15) is 4.98 Å². The summed E-state index contributed by atoms with van der Waals surface area (Å²) in [5.41, 5.74) is 2.04. The van der Waals surface area contributed by atoms with Crippen molar-refractivity contribution in [1.82, 2.24) is 15.0 Å². The molecule has 2 aromatic carbocycles. The molecule has 0 fully saturated rings. The number of aromatic nitrogens is 2. The lowest BCUT2D eigenvalue weighted by molar-refractivity contribution is -0.127. The van der Waals surface area contributed by atoms with Crippen LogP contribution in [0.25, 0.3) is 11.4 Å². The highest BCUT2D eigenvalue weighted by atomic mass is 32.2. The highest BCUT2D eigenvalue weighted by Crippen LogP contribution is 2.18. The van der Waals surface area contributed by atoms with Crippen LogP contribution in [-0.2, 0) is 17.1 Å². The van der Waals surface area contributed by atoms with E-state index in [1.165, 1.54) is 0 Å². The molecule has 0 N–H and O–H groups in total. The van der Waals surface area contributed by atoms with E-state index >= 15 is 0 Å². The average Bonchev–Trinajstić information content (AvgIpc) is 3.17. The molecule has 3 rings (SSSR count). The molecule has 7 heteroatoms. The fourth-order valence-electron chi connectivity index (χ4n) is 2.40. The lowest BCUT2D eigenvalue weighted by Crippen LogP contribution is -2.28. The monoisotopic (exact) mass is 383 g/mol. The van der Waals surface area contributed by atoms with E-state index in [9.17, 15) is 4.79 Å². The molecule has 0 saturated carbocycles. The predicted octanol–water partition coefficient (Wildman–Crippen LogP) is 3.64. The smallest absolute Gasteiger partial charge is 0.246 e. The van der Waals surface area contributed by atoms with Crippen LogP contribution in [0.1, 0.15) is 11.5 Å². The summed E-state index contributed by atoms with van der Waals surface area (Å²) in [6, 6.07) is 17.4. The van der Waals surface area contributed by atoms with E-state index < -0.39 is 0 Å². The minimum absolute atomic E-state index is 0.0213. The van der Waals surface area contributed by atoms with E-state index in [-0.39, 0.29) is 5.91 Å². The van der Waals surface area contributed by atoms with Crippen LogP contribution in [0.4, 0.5) is 0 Å². The van der Waals surface area contributed by atoms with E-state index in [4.69, 9.17) is 9.26 Å². The number of ether oxygens (including phenoxy) is 1. The first kappa shape index (κ1) is 19.0. The SMILES string of the molecule is COc1ccc(CSCC(=O)N(C)Cc2nc(-c3ccccc3)no2)cc1. The molecular formula is C20H21N3O3S. The Morgan fingerprint density at radius 3 is 2.59 bits per heavy atom. The van der Waals surface area contributed by atoms with Crippen molar-refractivity contribution in [2.75, 3.05) is 19.9 Å². The zero-order valence-corrected chi connectivity index (χ0v) is 16.1. The predicted molar refractivity (Wildman–Crippen MR) is 105 cm³/mol. The van der Waals surface area contributed by atoms with Crippen LogP contribution in [0.5, 0.6) is 5.75 Å². The Hall–Kier alpha value is -2.80. The Labute approximate surface area is 162 Å². The zero-order valence-electron chi connectivity index (χ0n) is 15.3. The van der Waals surface area contributed by atoms with Crippen molar-refractivity contribution in [2.24, 2.45) is 0 Å². The Balaban J connectivity index is 1.47. The topological polar surface area (TPSA) is 68.5 Å². The highest BCUT2D eigenvalue weighted by Gasteiger charge is 2.14. The molecule has 1 amide bonds. The Kier molecular flexibility index (Phi) is 6.49. The summed E-state index contributed by atoms with van der Waals surface area (Å²) in [5, 5.41) is 3.98. The molecule has 0 saturated heterocycles.